The van der Waals surface area contributed by atoms with Gasteiger partial charge in [-0.15, -0.1) is 11.3 Å². The summed E-state index contributed by atoms with van der Waals surface area (Å²) in [7, 11) is 0. The Morgan fingerprint density at radius 1 is 1.28 bits per heavy atom. The predicted octanol–water partition coefficient (Wildman–Crippen LogP) is 2.80. The minimum absolute atomic E-state index is 0.322. The Hall–Kier alpha value is -2.82. The molecule has 1 aliphatic heterocycles. The highest BCUT2D eigenvalue weighted by atomic mass is 35.5. The van der Waals surface area contributed by atoms with Gasteiger partial charge in [-0.2, -0.15) is 0 Å². The van der Waals surface area contributed by atoms with E-state index in [0.29, 0.717) is 44.2 Å². The standard InChI is InChI=1S/C20H21Cl2N5O4S/c1-10-13(4-11(21)5-14(10)22)15(7-18(29)30)27-17(28)8-25-19(31)16-6-12(9-32-16)26-20-23-2-3-24-20/h4-6,9,15H,2-3,7-8H2,1H3,(H,25,31)(H,27,28)(H,29,30)(H2,23,24,26). The van der Waals surface area contributed by atoms with Crippen molar-refractivity contribution in [1.29, 1.82) is 0 Å². The first-order chi connectivity index (χ1) is 15.2. The van der Waals surface area contributed by atoms with Crippen LogP contribution >= 0.6 is 34.5 Å². The lowest BCUT2D eigenvalue weighted by molar-refractivity contribution is -0.137. The number of carboxylic acid groups (broad SMARTS) is 1. The second kappa shape index (κ2) is 10.7. The summed E-state index contributed by atoms with van der Waals surface area (Å²) in [5, 5.41) is 23.0. The number of rotatable bonds is 8. The quantitative estimate of drug-likeness (QED) is 0.380. The zero-order valence-corrected chi connectivity index (χ0v) is 19.3. The molecule has 1 unspecified atom stereocenters. The fourth-order valence-electron chi connectivity index (χ4n) is 3.07. The number of halogens is 2. The van der Waals surface area contributed by atoms with E-state index in [1.54, 1.807) is 30.5 Å². The van der Waals surface area contributed by atoms with Crippen LogP contribution in [0, 0.1) is 6.92 Å². The molecule has 0 spiro atoms. The average molecular weight is 498 g/mol. The molecule has 1 atom stereocenters. The molecular formula is C20H21Cl2N5O4S. The summed E-state index contributed by atoms with van der Waals surface area (Å²) in [5.41, 5.74) is 1.83. The number of hydrogen-bond donors (Lipinski definition) is 5. The first kappa shape index (κ1) is 23.8. The molecule has 32 heavy (non-hydrogen) atoms. The van der Waals surface area contributed by atoms with Crippen molar-refractivity contribution in [2.75, 3.05) is 25.0 Å². The Morgan fingerprint density at radius 2 is 2.06 bits per heavy atom. The first-order valence-electron chi connectivity index (χ1n) is 9.61. The summed E-state index contributed by atoms with van der Waals surface area (Å²) >= 11 is 13.4. The van der Waals surface area contributed by atoms with Crippen molar-refractivity contribution in [2.24, 2.45) is 4.99 Å². The van der Waals surface area contributed by atoms with Crippen LogP contribution < -0.4 is 21.3 Å². The van der Waals surface area contributed by atoms with Gasteiger partial charge in [0, 0.05) is 22.0 Å². The molecule has 0 bridgehead atoms. The van der Waals surface area contributed by atoms with E-state index in [2.05, 4.69) is 26.3 Å². The van der Waals surface area contributed by atoms with E-state index in [1.807, 2.05) is 0 Å². The summed E-state index contributed by atoms with van der Waals surface area (Å²) in [5.74, 6) is -1.42. The number of nitrogens with one attached hydrogen (secondary N) is 4. The minimum Gasteiger partial charge on any atom is -0.481 e. The van der Waals surface area contributed by atoms with Crippen LogP contribution in [0.1, 0.15) is 33.3 Å². The van der Waals surface area contributed by atoms with Crippen LogP contribution in [-0.2, 0) is 9.59 Å². The molecule has 1 aromatic carbocycles. The smallest absolute Gasteiger partial charge is 0.305 e. The molecule has 1 aliphatic rings. The highest BCUT2D eigenvalue weighted by Crippen LogP contribution is 2.30. The molecule has 2 aromatic rings. The molecule has 5 N–H and O–H groups in total. The SMILES string of the molecule is Cc1c(Cl)cc(Cl)cc1C(CC(=O)O)NC(=O)CNC(=O)c1cc(NC2=NCCN2)cs1. The molecule has 0 fully saturated rings. The van der Waals surface area contributed by atoms with E-state index in [4.69, 9.17) is 23.2 Å². The van der Waals surface area contributed by atoms with E-state index in [9.17, 15) is 19.5 Å². The third-order valence-electron chi connectivity index (χ3n) is 4.61. The van der Waals surface area contributed by atoms with E-state index in [1.165, 1.54) is 11.3 Å². The number of thiophene rings is 1. The fourth-order valence-corrected chi connectivity index (χ4v) is 4.34. The third-order valence-corrected chi connectivity index (χ3v) is 6.15. The number of anilines is 1. The monoisotopic (exact) mass is 497 g/mol. The molecular weight excluding hydrogens is 477 g/mol. The lowest BCUT2D eigenvalue weighted by Crippen LogP contribution is -2.39. The maximum absolute atomic E-state index is 12.4. The van der Waals surface area contributed by atoms with Crippen LogP contribution in [0.4, 0.5) is 5.69 Å². The van der Waals surface area contributed by atoms with Gasteiger partial charge in [-0.1, -0.05) is 23.2 Å². The van der Waals surface area contributed by atoms with Gasteiger partial charge >= 0.3 is 5.97 Å². The number of carbonyl (C=O) groups excluding carboxylic acids is 2. The second-order valence-electron chi connectivity index (χ2n) is 6.98. The van der Waals surface area contributed by atoms with Crippen LogP contribution in [0.3, 0.4) is 0 Å². The zero-order valence-electron chi connectivity index (χ0n) is 17.0. The molecule has 2 amide bonds. The normalized spacial score (nSPS) is 13.7. The number of hydrogen-bond acceptors (Lipinski definition) is 7. The number of carboxylic acids is 1. The van der Waals surface area contributed by atoms with Crippen molar-refractivity contribution < 1.29 is 19.5 Å². The highest BCUT2D eigenvalue weighted by Gasteiger charge is 2.22. The van der Waals surface area contributed by atoms with Crippen molar-refractivity contribution in [3.63, 3.8) is 0 Å². The second-order valence-corrected chi connectivity index (χ2v) is 8.74. The van der Waals surface area contributed by atoms with Crippen molar-refractivity contribution in [3.8, 4) is 0 Å². The van der Waals surface area contributed by atoms with Gasteiger partial charge in [-0.05, 0) is 36.2 Å². The number of benzene rings is 1. The number of carbonyl (C=O) groups is 3. The molecule has 0 radical (unpaired) electrons. The van der Waals surface area contributed by atoms with Crippen LogP contribution in [0.2, 0.25) is 10.0 Å². The lowest BCUT2D eigenvalue weighted by atomic mass is 9.98. The van der Waals surface area contributed by atoms with E-state index >= 15 is 0 Å². The van der Waals surface area contributed by atoms with Crippen molar-refractivity contribution in [1.82, 2.24) is 16.0 Å². The molecule has 12 heteroatoms. The molecule has 170 valence electrons. The maximum Gasteiger partial charge on any atom is 0.305 e. The van der Waals surface area contributed by atoms with Crippen molar-refractivity contribution >= 4 is 64.0 Å². The number of guanidine groups is 1. The van der Waals surface area contributed by atoms with E-state index in [-0.39, 0.29) is 13.0 Å². The highest BCUT2D eigenvalue weighted by molar-refractivity contribution is 7.12. The Morgan fingerprint density at radius 3 is 2.75 bits per heavy atom. The van der Waals surface area contributed by atoms with E-state index < -0.39 is 23.8 Å². The van der Waals surface area contributed by atoms with Gasteiger partial charge in [0.15, 0.2) is 5.96 Å². The van der Waals surface area contributed by atoms with Crippen LogP contribution in [0.25, 0.3) is 0 Å². The largest absolute Gasteiger partial charge is 0.481 e. The van der Waals surface area contributed by atoms with Gasteiger partial charge in [0.25, 0.3) is 5.91 Å². The molecule has 0 saturated carbocycles. The van der Waals surface area contributed by atoms with Gasteiger partial charge in [0.1, 0.15) is 0 Å². The zero-order chi connectivity index (χ0) is 23.3. The van der Waals surface area contributed by atoms with Gasteiger partial charge in [-0.25, -0.2) is 0 Å². The first-order valence-corrected chi connectivity index (χ1v) is 11.2. The lowest BCUT2D eigenvalue weighted by Gasteiger charge is -2.20. The molecule has 0 saturated heterocycles. The summed E-state index contributed by atoms with van der Waals surface area (Å²) in [6, 6.07) is 3.91. The van der Waals surface area contributed by atoms with Gasteiger partial charge in [0.05, 0.1) is 36.1 Å². The number of aliphatic imine (C=N–C) groups is 1. The summed E-state index contributed by atoms with van der Waals surface area (Å²) < 4.78 is 0. The van der Waals surface area contributed by atoms with Gasteiger partial charge < -0.3 is 26.4 Å². The van der Waals surface area contributed by atoms with Crippen LogP contribution in [0.15, 0.2) is 28.6 Å². The number of nitrogens with zero attached hydrogens (tertiary/aromatic N) is 1. The molecule has 1 aromatic heterocycles. The summed E-state index contributed by atoms with van der Waals surface area (Å²) in [6.07, 6.45) is -0.366. The molecule has 0 aliphatic carbocycles. The Labute approximate surface area is 198 Å². The number of aliphatic carboxylic acids is 1. The summed E-state index contributed by atoms with van der Waals surface area (Å²) in [4.78, 5) is 40.8. The van der Waals surface area contributed by atoms with E-state index in [0.717, 1.165) is 6.54 Å². The topological polar surface area (TPSA) is 132 Å². The third kappa shape index (κ3) is 6.35. The fraction of sp³-hybridized carbons (Fsp3) is 0.300. The molecule has 9 nitrogen and oxygen atoms in total. The maximum atomic E-state index is 12.4. The van der Waals surface area contributed by atoms with Gasteiger partial charge in [-0.3, -0.25) is 19.4 Å². The molecule has 3 rings (SSSR count). The number of amides is 2. The summed E-state index contributed by atoms with van der Waals surface area (Å²) in [6.45, 7) is 2.85. The Kier molecular flexibility index (Phi) is 7.94. The van der Waals surface area contributed by atoms with Crippen molar-refractivity contribution in [3.05, 3.63) is 49.6 Å². The van der Waals surface area contributed by atoms with Gasteiger partial charge in [0.2, 0.25) is 5.91 Å². The molecule has 2 heterocycles. The van der Waals surface area contributed by atoms with Crippen LogP contribution in [0.5, 0.6) is 0 Å². The average Bonchev–Trinajstić information content (AvgIpc) is 3.40. The van der Waals surface area contributed by atoms with Crippen molar-refractivity contribution in [2.45, 2.75) is 19.4 Å². The minimum atomic E-state index is -1.10. The predicted molar refractivity (Wildman–Crippen MR) is 125 cm³/mol. The van der Waals surface area contributed by atoms with Crippen LogP contribution in [-0.4, -0.2) is 48.5 Å². The Balaban J connectivity index is 1.60. The Bertz CT molecular complexity index is 1070.